The molecule has 0 radical (unpaired) electrons. The molecule has 1 heterocycles. The maximum absolute atomic E-state index is 5.47. The Balaban J connectivity index is 2.13. The minimum atomic E-state index is 0.164. The smallest absolute Gasteiger partial charge is 0.282 e. The molecule has 0 bridgehead atoms. The van der Waals surface area contributed by atoms with Crippen LogP contribution in [0.15, 0.2) is 35.3 Å². The second-order valence-corrected chi connectivity index (χ2v) is 3.55. The summed E-state index contributed by atoms with van der Waals surface area (Å²) in [6.45, 7) is 2.74. The Morgan fingerprint density at radius 2 is 2.14 bits per heavy atom. The molecule has 0 aliphatic carbocycles. The van der Waals surface area contributed by atoms with Crippen molar-refractivity contribution in [1.29, 1.82) is 0 Å². The highest BCUT2D eigenvalue weighted by Crippen LogP contribution is 2.23. The van der Waals surface area contributed by atoms with Crippen LogP contribution in [0.5, 0.6) is 0 Å². The third kappa shape index (κ3) is 1.71. The number of ether oxygens (including phenoxy) is 1. The molecular weight excluding hydrogens is 176 g/mol. The van der Waals surface area contributed by atoms with E-state index in [2.05, 4.69) is 24.0 Å². The Morgan fingerprint density at radius 1 is 1.43 bits per heavy atom. The number of amidine groups is 1. The normalized spacial score (nSPS) is 22.6. The molecule has 2 N–H and O–H groups in total. The number of aliphatic imine (C=N–C) groups is 1. The highest BCUT2D eigenvalue weighted by Gasteiger charge is 2.23. The summed E-state index contributed by atoms with van der Waals surface area (Å²) < 4.78 is 5.14. The number of hydrogen-bond donors (Lipinski definition) is 1. The van der Waals surface area contributed by atoms with Crippen LogP contribution in [0, 0.1) is 0 Å². The van der Waals surface area contributed by atoms with E-state index in [1.807, 2.05) is 18.2 Å². The number of hydrogen-bond acceptors (Lipinski definition) is 3. The second kappa shape index (κ2) is 3.70. The number of rotatable bonds is 2. The van der Waals surface area contributed by atoms with Crippen molar-refractivity contribution in [2.75, 3.05) is 6.61 Å². The van der Waals surface area contributed by atoms with E-state index in [0.29, 0.717) is 18.5 Å². The summed E-state index contributed by atoms with van der Waals surface area (Å²) in [5, 5.41) is 0. The highest BCUT2D eigenvalue weighted by molar-refractivity contribution is 5.73. The molecule has 0 spiro atoms. The first-order valence-corrected chi connectivity index (χ1v) is 4.78. The van der Waals surface area contributed by atoms with E-state index in [1.54, 1.807) is 0 Å². The molecule has 2 atom stereocenters. The van der Waals surface area contributed by atoms with Gasteiger partial charge in [0.1, 0.15) is 6.61 Å². The second-order valence-electron chi connectivity index (χ2n) is 3.55. The van der Waals surface area contributed by atoms with Crippen LogP contribution >= 0.6 is 0 Å². The van der Waals surface area contributed by atoms with Gasteiger partial charge < -0.3 is 10.5 Å². The SMILES string of the molecule is CC(c1ccccc1)[C@H]1COC(N)=N1. The van der Waals surface area contributed by atoms with Gasteiger partial charge in [0.25, 0.3) is 6.02 Å². The van der Waals surface area contributed by atoms with Gasteiger partial charge in [0.2, 0.25) is 0 Å². The molecule has 0 fully saturated rings. The predicted octanol–water partition coefficient (Wildman–Crippen LogP) is 1.50. The Labute approximate surface area is 83.6 Å². The van der Waals surface area contributed by atoms with Crippen molar-refractivity contribution in [2.45, 2.75) is 18.9 Å². The van der Waals surface area contributed by atoms with Gasteiger partial charge in [-0.25, -0.2) is 4.99 Å². The van der Waals surface area contributed by atoms with Gasteiger partial charge in [-0.05, 0) is 5.56 Å². The van der Waals surface area contributed by atoms with Crippen molar-refractivity contribution in [2.24, 2.45) is 10.7 Å². The fourth-order valence-electron chi connectivity index (χ4n) is 1.64. The van der Waals surface area contributed by atoms with Crippen molar-refractivity contribution in [3.63, 3.8) is 0 Å². The zero-order valence-electron chi connectivity index (χ0n) is 8.18. The molecule has 74 valence electrons. The molecule has 0 aromatic heterocycles. The fourth-order valence-corrected chi connectivity index (χ4v) is 1.64. The van der Waals surface area contributed by atoms with E-state index in [0.717, 1.165) is 0 Å². The molecule has 3 nitrogen and oxygen atoms in total. The molecular formula is C11H14N2O. The van der Waals surface area contributed by atoms with Crippen LogP contribution in [-0.4, -0.2) is 18.7 Å². The lowest BCUT2D eigenvalue weighted by atomic mass is 9.94. The van der Waals surface area contributed by atoms with Crippen LogP contribution in [0.4, 0.5) is 0 Å². The summed E-state index contributed by atoms with van der Waals surface area (Å²) in [5.74, 6) is 0.359. The molecule has 1 aromatic carbocycles. The molecule has 0 saturated heterocycles. The van der Waals surface area contributed by atoms with Gasteiger partial charge in [-0.2, -0.15) is 0 Å². The maximum Gasteiger partial charge on any atom is 0.282 e. The van der Waals surface area contributed by atoms with E-state index < -0.39 is 0 Å². The standard InChI is InChI=1S/C11H14N2O/c1-8(9-5-3-2-4-6-9)10-7-14-11(12)13-10/h2-6,8,10H,7H2,1H3,(H2,12,13)/t8?,10-/m1/s1. The zero-order valence-corrected chi connectivity index (χ0v) is 8.18. The van der Waals surface area contributed by atoms with Crippen LogP contribution in [0.25, 0.3) is 0 Å². The first-order valence-electron chi connectivity index (χ1n) is 4.78. The minimum Gasteiger partial charge on any atom is -0.463 e. The van der Waals surface area contributed by atoms with Gasteiger partial charge in [0.05, 0.1) is 6.04 Å². The number of benzene rings is 1. The molecule has 1 aromatic rings. The molecule has 2 rings (SSSR count). The summed E-state index contributed by atoms with van der Waals surface area (Å²) in [5.41, 5.74) is 6.75. The first-order chi connectivity index (χ1) is 6.77. The van der Waals surface area contributed by atoms with Gasteiger partial charge in [0, 0.05) is 5.92 Å². The third-order valence-corrected chi connectivity index (χ3v) is 2.60. The molecule has 0 saturated carbocycles. The highest BCUT2D eigenvalue weighted by atomic mass is 16.5. The molecule has 1 aliphatic rings. The lowest BCUT2D eigenvalue weighted by Crippen LogP contribution is -2.15. The van der Waals surface area contributed by atoms with Crippen LogP contribution in [-0.2, 0) is 4.74 Å². The Kier molecular flexibility index (Phi) is 2.39. The summed E-state index contributed by atoms with van der Waals surface area (Å²) in [7, 11) is 0. The van der Waals surface area contributed by atoms with Gasteiger partial charge in [-0.3, -0.25) is 0 Å². The third-order valence-electron chi connectivity index (χ3n) is 2.60. The maximum atomic E-state index is 5.47. The van der Waals surface area contributed by atoms with Crippen LogP contribution in [0.2, 0.25) is 0 Å². The van der Waals surface area contributed by atoms with Crippen LogP contribution in [0.1, 0.15) is 18.4 Å². The summed E-state index contributed by atoms with van der Waals surface area (Å²) in [6, 6.07) is 10.8. The van der Waals surface area contributed by atoms with Gasteiger partial charge in [-0.15, -0.1) is 0 Å². The Hall–Kier alpha value is -1.51. The average molecular weight is 190 g/mol. The van der Waals surface area contributed by atoms with E-state index in [9.17, 15) is 0 Å². The minimum absolute atomic E-state index is 0.164. The molecule has 0 amide bonds. The largest absolute Gasteiger partial charge is 0.463 e. The van der Waals surface area contributed by atoms with Crippen molar-refractivity contribution < 1.29 is 4.74 Å². The Bertz CT molecular complexity index is 334. The van der Waals surface area contributed by atoms with Gasteiger partial charge in [-0.1, -0.05) is 37.3 Å². The van der Waals surface area contributed by atoms with Crippen molar-refractivity contribution in [1.82, 2.24) is 0 Å². The van der Waals surface area contributed by atoms with E-state index in [4.69, 9.17) is 10.5 Å². The summed E-state index contributed by atoms with van der Waals surface area (Å²) >= 11 is 0. The van der Waals surface area contributed by atoms with E-state index in [1.165, 1.54) is 5.56 Å². The van der Waals surface area contributed by atoms with Crippen molar-refractivity contribution >= 4 is 6.02 Å². The average Bonchev–Trinajstić information content (AvgIpc) is 2.65. The van der Waals surface area contributed by atoms with Gasteiger partial charge in [0.15, 0.2) is 0 Å². The first kappa shape index (κ1) is 9.06. The number of nitrogens with zero attached hydrogens (tertiary/aromatic N) is 1. The van der Waals surface area contributed by atoms with Gasteiger partial charge >= 0.3 is 0 Å². The fraction of sp³-hybridized carbons (Fsp3) is 0.364. The monoisotopic (exact) mass is 190 g/mol. The molecule has 3 heteroatoms. The van der Waals surface area contributed by atoms with Crippen molar-refractivity contribution in [3.8, 4) is 0 Å². The molecule has 1 aliphatic heterocycles. The van der Waals surface area contributed by atoms with Crippen molar-refractivity contribution in [3.05, 3.63) is 35.9 Å². The molecule has 14 heavy (non-hydrogen) atoms. The summed E-state index contributed by atoms with van der Waals surface area (Å²) in [6.07, 6.45) is 0. The summed E-state index contributed by atoms with van der Waals surface area (Å²) in [4.78, 5) is 4.24. The topological polar surface area (TPSA) is 47.6 Å². The van der Waals surface area contributed by atoms with Crippen LogP contribution in [0.3, 0.4) is 0 Å². The lowest BCUT2D eigenvalue weighted by molar-refractivity contribution is 0.301. The quantitative estimate of drug-likeness (QED) is 0.768. The zero-order chi connectivity index (χ0) is 9.97. The Morgan fingerprint density at radius 3 is 2.71 bits per heavy atom. The van der Waals surface area contributed by atoms with E-state index in [-0.39, 0.29) is 6.04 Å². The predicted molar refractivity (Wildman–Crippen MR) is 56.2 cm³/mol. The lowest BCUT2D eigenvalue weighted by Gasteiger charge is -2.14. The van der Waals surface area contributed by atoms with Crippen LogP contribution < -0.4 is 5.73 Å². The van der Waals surface area contributed by atoms with E-state index >= 15 is 0 Å². The number of nitrogens with two attached hydrogens (primary N) is 1. The molecule has 1 unspecified atom stereocenters.